The van der Waals surface area contributed by atoms with E-state index >= 15 is 0 Å². The van der Waals surface area contributed by atoms with Crippen molar-refractivity contribution in [3.63, 3.8) is 0 Å². The Kier molecular flexibility index (Phi) is 9.10. The van der Waals surface area contributed by atoms with Gasteiger partial charge in [-0.3, -0.25) is 0 Å². The van der Waals surface area contributed by atoms with Crippen LogP contribution in [0.5, 0.6) is 0 Å². The molecule has 2 aliphatic rings. The molecule has 2 N–H and O–H groups in total. The highest BCUT2D eigenvalue weighted by Crippen LogP contribution is 2.17. The average Bonchev–Trinajstić information content (AvgIpc) is 2.98. The number of guanidine groups is 1. The summed E-state index contributed by atoms with van der Waals surface area (Å²) in [4.78, 5) is 4.68. The zero-order valence-electron chi connectivity index (χ0n) is 15.2. The molecule has 2 fully saturated rings. The quantitative estimate of drug-likeness (QED) is 0.350. The van der Waals surface area contributed by atoms with Crippen molar-refractivity contribution in [3.05, 3.63) is 34.9 Å². The second-order valence-corrected chi connectivity index (χ2v) is 9.64. The molecule has 1 unspecified atom stereocenters. The van der Waals surface area contributed by atoms with Crippen molar-refractivity contribution in [2.75, 3.05) is 31.3 Å². The Balaban J connectivity index is 0.00000261. The number of hydrogen-bond acceptors (Lipinski definition) is 4. The Morgan fingerprint density at radius 3 is 2.52 bits per heavy atom. The minimum Gasteiger partial charge on any atom is -0.381 e. The van der Waals surface area contributed by atoms with E-state index in [4.69, 9.17) is 16.3 Å². The van der Waals surface area contributed by atoms with Gasteiger partial charge in [0, 0.05) is 30.8 Å². The molecule has 3 rings (SSSR count). The normalized spacial score (nSPS) is 22.9. The number of ether oxygens (including phenoxy) is 1. The molecule has 0 saturated carbocycles. The van der Waals surface area contributed by atoms with Gasteiger partial charge in [0.15, 0.2) is 15.8 Å². The fourth-order valence-corrected chi connectivity index (χ4v) is 5.21. The Bertz CT molecular complexity index is 722. The molecule has 0 aromatic heterocycles. The Morgan fingerprint density at radius 1 is 1.19 bits per heavy atom. The van der Waals surface area contributed by atoms with Crippen LogP contribution in [0, 0.1) is 5.92 Å². The zero-order valence-corrected chi connectivity index (χ0v) is 19.1. The van der Waals surface area contributed by atoms with Crippen LogP contribution >= 0.6 is 35.6 Å². The first kappa shape index (κ1) is 22.7. The third kappa shape index (κ3) is 7.75. The number of aliphatic imine (C=N–C) groups is 1. The predicted molar refractivity (Wildman–Crippen MR) is 120 cm³/mol. The van der Waals surface area contributed by atoms with E-state index in [1.807, 2.05) is 24.3 Å². The van der Waals surface area contributed by atoms with Gasteiger partial charge in [0.1, 0.15) is 0 Å². The number of hydrogen-bond donors (Lipinski definition) is 2. The van der Waals surface area contributed by atoms with E-state index in [1.54, 1.807) is 0 Å². The van der Waals surface area contributed by atoms with Crippen molar-refractivity contribution in [2.24, 2.45) is 10.9 Å². The molecule has 0 amide bonds. The summed E-state index contributed by atoms with van der Waals surface area (Å²) in [5, 5.41) is 7.51. The van der Waals surface area contributed by atoms with Crippen LogP contribution in [0.2, 0.25) is 5.02 Å². The van der Waals surface area contributed by atoms with Gasteiger partial charge < -0.3 is 15.4 Å². The molecule has 0 radical (unpaired) electrons. The van der Waals surface area contributed by atoms with Crippen molar-refractivity contribution >= 4 is 51.4 Å². The molecular weight excluding hydrogens is 501 g/mol. The van der Waals surface area contributed by atoms with Gasteiger partial charge in [0.25, 0.3) is 0 Å². The summed E-state index contributed by atoms with van der Waals surface area (Å²) in [6, 6.07) is 7.96. The summed E-state index contributed by atoms with van der Waals surface area (Å²) in [5.74, 6) is 1.44. The lowest BCUT2D eigenvalue weighted by molar-refractivity contribution is 0.0822. The van der Waals surface area contributed by atoms with Gasteiger partial charge in [-0.1, -0.05) is 23.7 Å². The Labute approximate surface area is 183 Å². The first-order valence-corrected chi connectivity index (χ1v) is 11.3. The molecule has 1 aromatic carbocycles. The third-order valence-corrected chi connectivity index (χ3v) is 6.87. The number of sulfone groups is 1. The second kappa shape index (κ2) is 10.8. The zero-order chi connectivity index (χ0) is 18.4. The van der Waals surface area contributed by atoms with E-state index in [0.29, 0.717) is 29.9 Å². The Hall–Kier alpha value is -0.580. The van der Waals surface area contributed by atoms with Crippen LogP contribution in [0.25, 0.3) is 0 Å². The smallest absolute Gasteiger partial charge is 0.191 e. The van der Waals surface area contributed by atoms with Gasteiger partial charge in [-0.2, -0.15) is 0 Å². The molecule has 2 aliphatic heterocycles. The summed E-state index contributed by atoms with van der Waals surface area (Å²) < 4.78 is 28.7. The number of rotatable bonds is 5. The maximum atomic E-state index is 11.6. The molecule has 6 nitrogen and oxygen atoms in total. The maximum absolute atomic E-state index is 11.6. The summed E-state index contributed by atoms with van der Waals surface area (Å²) >= 11 is 5.93. The van der Waals surface area contributed by atoms with Crippen LogP contribution in [0.1, 0.15) is 24.8 Å². The number of nitrogens with one attached hydrogen (secondary N) is 2. The molecule has 0 aliphatic carbocycles. The highest BCUT2D eigenvalue weighted by atomic mass is 127. The summed E-state index contributed by atoms with van der Waals surface area (Å²) in [6.45, 7) is 2.67. The van der Waals surface area contributed by atoms with Gasteiger partial charge in [0.2, 0.25) is 0 Å². The SMILES string of the molecule is I.O=S1(=O)CCC(CNC(=NCc2ccc(Cl)cc2)NC2CCOCC2)C1. The number of benzene rings is 1. The van der Waals surface area contributed by atoms with E-state index in [0.717, 1.165) is 44.0 Å². The molecule has 9 heteroatoms. The molecule has 1 atom stereocenters. The lowest BCUT2D eigenvalue weighted by atomic mass is 10.1. The van der Waals surface area contributed by atoms with Gasteiger partial charge in [-0.05, 0) is 42.9 Å². The largest absolute Gasteiger partial charge is 0.381 e. The van der Waals surface area contributed by atoms with Crippen LogP contribution in [-0.4, -0.2) is 51.7 Å². The standard InChI is InChI=1S/C18H26ClN3O3S.HI/c19-16-3-1-14(2-4-16)11-20-18(22-17-5-8-25-9-6-17)21-12-15-7-10-26(23,24)13-15;/h1-4,15,17H,5-13H2,(H2,20,21,22);1H. The predicted octanol–water partition coefficient (Wildman–Crippen LogP) is 2.61. The second-order valence-electron chi connectivity index (χ2n) is 6.97. The molecule has 0 spiro atoms. The van der Waals surface area contributed by atoms with E-state index in [-0.39, 0.29) is 35.6 Å². The highest BCUT2D eigenvalue weighted by Gasteiger charge is 2.28. The van der Waals surface area contributed by atoms with Gasteiger partial charge in [-0.15, -0.1) is 24.0 Å². The van der Waals surface area contributed by atoms with Crippen LogP contribution < -0.4 is 10.6 Å². The molecule has 27 heavy (non-hydrogen) atoms. The van der Waals surface area contributed by atoms with Crippen LogP contribution in [0.4, 0.5) is 0 Å². The fraction of sp³-hybridized carbons (Fsp3) is 0.611. The van der Waals surface area contributed by atoms with E-state index in [9.17, 15) is 8.42 Å². The topological polar surface area (TPSA) is 79.8 Å². The summed E-state index contributed by atoms with van der Waals surface area (Å²) in [7, 11) is -2.86. The molecule has 152 valence electrons. The van der Waals surface area contributed by atoms with Gasteiger partial charge >= 0.3 is 0 Å². The first-order chi connectivity index (χ1) is 12.5. The van der Waals surface area contributed by atoms with Crippen molar-refractivity contribution < 1.29 is 13.2 Å². The van der Waals surface area contributed by atoms with Gasteiger partial charge in [-0.25, -0.2) is 13.4 Å². The average molecular weight is 528 g/mol. The Morgan fingerprint density at radius 2 is 1.89 bits per heavy atom. The van der Waals surface area contributed by atoms with Crippen molar-refractivity contribution in [3.8, 4) is 0 Å². The lowest BCUT2D eigenvalue weighted by Gasteiger charge is -2.25. The highest BCUT2D eigenvalue weighted by molar-refractivity contribution is 14.0. The van der Waals surface area contributed by atoms with Crippen LogP contribution in [0.3, 0.4) is 0 Å². The maximum Gasteiger partial charge on any atom is 0.191 e. The van der Waals surface area contributed by atoms with Crippen molar-refractivity contribution in [1.82, 2.24) is 10.6 Å². The minimum absolute atomic E-state index is 0. The minimum atomic E-state index is -2.86. The monoisotopic (exact) mass is 527 g/mol. The van der Waals surface area contributed by atoms with Crippen LogP contribution in [0.15, 0.2) is 29.3 Å². The molecule has 1 aromatic rings. The summed E-state index contributed by atoms with van der Waals surface area (Å²) in [6.07, 6.45) is 2.61. The van der Waals surface area contributed by atoms with Crippen LogP contribution in [-0.2, 0) is 21.1 Å². The van der Waals surface area contributed by atoms with Crippen molar-refractivity contribution in [2.45, 2.75) is 31.8 Å². The van der Waals surface area contributed by atoms with E-state index in [2.05, 4.69) is 15.6 Å². The van der Waals surface area contributed by atoms with E-state index < -0.39 is 9.84 Å². The van der Waals surface area contributed by atoms with Crippen molar-refractivity contribution in [1.29, 1.82) is 0 Å². The number of halogens is 2. The fourth-order valence-electron chi connectivity index (χ4n) is 3.22. The first-order valence-electron chi connectivity index (χ1n) is 9.08. The molecule has 0 bridgehead atoms. The number of nitrogens with zero attached hydrogens (tertiary/aromatic N) is 1. The van der Waals surface area contributed by atoms with Gasteiger partial charge in [0.05, 0.1) is 18.1 Å². The lowest BCUT2D eigenvalue weighted by Crippen LogP contribution is -2.47. The molecule has 2 heterocycles. The van der Waals surface area contributed by atoms with E-state index in [1.165, 1.54) is 0 Å². The summed E-state index contributed by atoms with van der Waals surface area (Å²) in [5.41, 5.74) is 1.07. The molecular formula is C18H27ClIN3O3S. The third-order valence-electron chi connectivity index (χ3n) is 4.78. The molecule has 2 saturated heterocycles.